The number of rotatable bonds is 4. The first kappa shape index (κ1) is 16.7. The van der Waals surface area contributed by atoms with Crippen molar-refractivity contribution in [2.24, 2.45) is 28.1 Å². The van der Waals surface area contributed by atoms with Gasteiger partial charge in [0.2, 0.25) is 0 Å². The fraction of sp³-hybridized carbons (Fsp3) is 0.895. The second-order valence-electron chi connectivity index (χ2n) is 8.93. The Hall–Kier alpha value is -0.660. The number of aldehydes is 2. The summed E-state index contributed by atoms with van der Waals surface area (Å²) in [7, 11) is 0. The Morgan fingerprint density at radius 1 is 0.714 bits per heavy atom. The Balaban J connectivity index is 1.91. The van der Waals surface area contributed by atoms with Crippen LogP contribution in [-0.4, -0.2) is 12.6 Å². The summed E-state index contributed by atoms with van der Waals surface area (Å²) in [6.45, 7) is 8.36. The predicted molar refractivity (Wildman–Crippen MR) is 86.0 cm³/mol. The highest BCUT2D eigenvalue weighted by molar-refractivity contribution is 5.59. The molecule has 0 heterocycles. The van der Waals surface area contributed by atoms with Crippen molar-refractivity contribution in [2.45, 2.75) is 79.1 Å². The predicted octanol–water partition coefficient (Wildman–Crippen LogP) is 4.80. The Labute approximate surface area is 130 Å². The molecule has 0 radical (unpaired) electrons. The average Bonchev–Trinajstić information content (AvgIpc) is 2.48. The van der Waals surface area contributed by atoms with Crippen molar-refractivity contribution in [3.8, 4) is 0 Å². The molecule has 120 valence electrons. The maximum Gasteiger partial charge on any atom is 0.125 e. The van der Waals surface area contributed by atoms with Gasteiger partial charge in [-0.15, -0.1) is 0 Å². The van der Waals surface area contributed by atoms with Crippen molar-refractivity contribution in [3.05, 3.63) is 0 Å². The Kier molecular flexibility index (Phi) is 4.66. The van der Waals surface area contributed by atoms with Crippen LogP contribution in [0.5, 0.6) is 0 Å². The highest BCUT2D eigenvalue weighted by Crippen LogP contribution is 2.54. The fourth-order valence-corrected chi connectivity index (χ4v) is 4.64. The third kappa shape index (κ3) is 3.40. The summed E-state index contributed by atoms with van der Waals surface area (Å²) in [6, 6.07) is 0. The molecule has 2 nitrogen and oxygen atoms in total. The first-order valence-electron chi connectivity index (χ1n) is 8.67. The minimum atomic E-state index is -0.154. The SMILES string of the molecule is CC(C)(C=O)C1CCC2(CC1)CCC(C(C)(C)C=O)CC2. The van der Waals surface area contributed by atoms with Crippen molar-refractivity contribution in [1.82, 2.24) is 0 Å². The summed E-state index contributed by atoms with van der Waals surface area (Å²) < 4.78 is 0. The number of hydrogen-bond acceptors (Lipinski definition) is 2. The van der Waals surface area contributed by atoms with Gasteiger partial charge in [0, 0.05) is 10.8 Å². The van der Waals surface area contributed by atoms with E-state index in [1.807, 2.05) is 0 Å². The third-order valence-electron chi connectivity index (χ3n) is 6.80. The van der Waals surface area contributed by atoms with E-state index in [9.17, 15) is 9.59 Å². The molecule has 2 saturated carbocycles. The van der Waals surface area contributed by atoms with E-state index in [2.05, 4.69) is 27.7 Å². The second-order valence-corrected chi connectivity index (χ2v) is 8.93. The van der Waals surface area contributed by atoms with Gasteiger partial charge in [-0.2, -0.15) is 0 Å². The van der Waals surface area contributed by atoms with E-state index >= 15 is 0 Å². The minimum Gasteiger partial charge on any atom is -0.303 e. The van der Waals surface area contributed by atoms with Crippen LogP contribution in [0.15, 0.2) is 0 Å². The lowest BCUT2D eigenvalue weighted by Crippen LogP contribution is -2.39. The summed E-state index contributed by atoms with van der Waals surface area (Å²) in [5.74, 6) is 1.12. The van der Waals surface area contributed by atoms with Gasteiger partial charge in [-0.05, 0) is 68.6 Å². The van der Waals surface area contributed by atoms with Gasteiger partial charge in [0.1, 0.15) is 12.6 Å². The molecule has 2 heteroatoms. The van der Waals surface area contributed by atoms with E-state index in [0.29, 0.717) is 17.3 Å². The number of carbonyl (C=O) groups is 2. The first-order valence-corrected chi connectivity index (χ1v) is 8.67. The van der Waals surface area contributed by atoms with Gasteiger partial charge in [-0.1, -0.05) is 27.7 Å². The minimum absolute atomic E-state index is 0.154. The summed E-state index contributed by atoms with van der Waals surface area (Å²) in [4.78, 5) is 22.5. The highest BCUT2D eigenvalue weighted by Gasteiger charge is 2.44. The molecule has 0 unspecified atom stereocenters. The molecule has 2 rings (SSSR count). The molecule has 0 atom stereocenters. The van der Waals surface area contributed by atoms with Crippen LogP contribution in [0.25, 0.3) is 0 Å². The quantitative estimate of drug-likeness (QED) is 0.697. The fourth-order valence-electron chi connectivity index (χ4n) is 4.64. The van der Waals surface area contributed by atoms with Gasteiger partial charge in [0.05, 0.1) is 0 Å². The lowest BCUT2D eigenvalue weighted by molar-refractivity contribution is -0.119. The molecule has 0 bridgehead atoms. The Bertz CT molecular complexity index is 337. The number of carbonyl (C=O) groups excluding carboxylic acids is 2. The topological polar surface area (TPSA) is 34.1 Å². The molecular formula is C19H32O2. The van der Waals surface area contributed by atoms with Crippen molar-refractivity contribution in [3.63, 3.8) is 0 Å². The van der Waals surface area contributed by atoms with E-state index in [-0.39, 0.29) is 10.8 Å². The smallest absolute Gasteiger partial charge is 0.125 e. The maximum atomic E-state index is 11.2. The zero-order valence-corrected chi connectivity index (χ0v) is 14.3. The summed E-state index contributed by atoms with van der Waals surface area (Å²) in [5, 5.41) is 0. The van der Waals surface area contributed by atoms with Crippen molar-refractivity contribution in [2.75, 3.05) is 0 Å². The van der Waals surface area contributed by atoms with E-state index in [0.717, 1.165) is 12.6 Å². The summed E-state index contributed by atoms with van der Waals surface area (Å²) in [5.41, 5.74) is 0.210. The third-order valence-corrected chi connectivity index (χ3v) is 6.80. The van der Waals surface area contributed by atoms with Crippen LogP contribution in [0.4, 0.5) is 0 Å². The van der Waals surface area contributed by atoms with Gasteiger partial charge in [0.15, 0.2) is 0 Å². The molecule has 0 aromatic heterocycles. The molecule has 0 amide bonds. The van der Waals surface area contributed by atoms with Crippen molar-refractivity contribution >= 4 is 12.6 Å². The van der Waals surface area contributed by atoms with Crippen LogP contribution in [0, 0.1) is 28.1 Å². The van der Waals surface area contributed by atoms with E-state index in [1.54, 1.807) is 0 Å². The van der Waals surface area contributed by atoms with Gasteiger partial charge in [-0.25, -0.2) is 0 Å². The standard InChI is InChI=1S/C19H32O2/c1-17(2,13-20)15-5-9-19(10-6-15)11-7-16(8-12-19)18(3,4)14-21/h13-16H,5-12H2,1-4H3. The monoisotopic (exact) mass is 292 g/mol. The van der Waals surface area contributed by atoms with Gasteiger partial charge in [-0.3, -0.25) is 0 Å². The Morgan fingerprint density at radius 3 is 1.24 bits per heavy atom. The van der Waals surface area contributed by atoms with E-state index < -0.39 is 0 Å². The molecule has 0 aromatic carbocycles. The zero-order valence-electron chi connectivity index (χ0n) is 14.3. The van der Waals surface area contributed by atoms with Crippen molar-refractivity contribution < 1.29 is 9.59 Å². The van der Waals surface area contributed by atoms with Crippen molar-refractivity contribution in [1.29, 1.82) is 0 Å². The van der Waals surface area contributed by atoms with Crippen LogP contribution < -0.4 is 0 Å². The normalized spacial score (nSPS) is 34.7. The zero-order chi connectivity index (χ0) is 15.7. The molecule has 2 aliphatic carbocycles. The van der Waals surface area contributed by atoms with Crippen LogP contribution >= 0.6 is 0 Å². The molecule has 2 aliphatic rings. The van der Waals surface area contributed by atoms with Gasteiger partial charge < -0.3 is 9.59 Å². The van der Waals surface area contributed by atoms with Gasteiger partial charge >= 0.3 is 0 Å². The summed E-state index contributed by atoms with van der Waals surface area (Å²) in [6.07, 6.45) is 12.2. The molecule has 0 N–H and O–H groups in total. The molecule has 0 aromatic rings. The van der Waals surface area contributed by atoms with E-state index in [4.69, 9.17) is 0 Å². The lowest BCUT2D eigenvalue weighted by Gasteiger charge is -2.48. The maximum absolute atomic E-state index is 11.2. The van der Waals surface area contributed by atoms with Crippen LogP contribution in [0.2, 0.25) is 0 Å². The van der Waals surface area contributed by atoms with Crippen LogP contribution in [0.3, 0.4) is 0 Å². The van der Waals surface area contributed by atoms with Crippen LogP contribution in [0.1, 0.15) is 79.1 Å². The lowest BCUT2D eigenvalue weighted by atomic mass is 9.56. The summed E-state index contributed by atoms with van der Waals surface area (Å²) >= 11 is 0. The average molecular weight is 292 g/mol. The molecule has 21 heavy (non-hydrogen) atoms. The Morgan fingerprint density at radius 2 is 1.00 bits per heavy atom. The largest absolute Gasteiger partial charge is 0.303 e. The molecule has 0 saturated heterocycles. The molecule has 2 fully saturated rings. The number of hydrogen-bond donors (Lipinski definition) is 0. The first-order chi connectivity index (χ1) is 9.75. The molecule has 1 spiro atoms. The second kappa shape index (κ2) is 5.85. The molecular weight excluding hydrogens is 260 g/mol. The van der Waals surface area contributed by atoms with Gasteiger partial charge in [0.25, 0.3) is 0 Å². The molecule has 0 aliphatic heterocycles. The van der Waals surface area contributed by atoms with Crippen LogP contribution in [-0.2, 0) is 9.59 Å². The highest BCUT2D eigenvalue weighted by atomic mass is 16.1. The van der Waals surface area contributed by atoms with E-state index in [1.165, 1.54) is 51.4 Å².